The maximum atomic E-state index is 10.9. The summed E-state index contributed by atoms with van der Waals surface area (Å²) in [6.45, 7) is 0. The van der Waals surface area contributed by atoms with Gasteiger partial charge in [-0.25, -0.2) is 0 Å². The van der Waals surface area contributed by atoms with Crippen molar-refractivity contribution in [1.29, 1.82) is 0 Å². The SMILES string of the molecule is OC1CCC2CCCCC2C1C1C(O)CCC2CCCCC21. The van der Waals surface area contributed by atoms with Crippen molar-refractivity contribution in [1.82, 2.24) is 0 Å². The zero-order valence-corrected chi connectivity index (χ0v) is 14.0. The molecule has 22 heavy (non-hydrogen) atoms. The Bertz CT molecular complexity index is 346. The minimum absolute atomic E-state index is 0.139. The van der Waals surface area contributed by atoms with Crippen LogP contribution in [0.25, 0.3) is 0 Å². The largest absolute Gasteiger partial charge is 0.393 e. The number of aliphatic hydroxyl groups excluding tert-OH is 2. The van der Waals surface area contributed by atoms with Crippen LogP contribution in [0.5, 0.6) is 0 Å². The predicted octanol–water partition coefficient (Wildman–Crippen LogP) is 4.14. The third kappa shape index (κ3) is 2.65. The Labute approximate surface area is 135 Å². The summed E-state index contributed by atoms with van der Waals surface area (Å²) in [5.41, 5.74) is 0. The van der Waals surface area contributed by atoms with Crippen molar-refractivity contribution in [2.45, 2.75) is 89.3 Å². The maximum absolute atomic E-state index is 10.9. The van der Waals surface area contributed by atoms with E-state index in [0.717, 1.165) is 24.7 Å². The first-order chi connectivity index (χ1) is 10.8. The van der Waals surface area contributed by atoms with Gasteiger partial charge in [0.25, 0.3) is 0 Å². The lowest BCUT2D eigenvalue weighted by Crippen LogP contribution is -2.52. The van der Waals surface area contributed by atoms with E-state index in [0.29, 0.717) is 23.7 Å². The van der Waals surface area contributed by atoms with Crippen LogP contribution in [-0.4, -0.2) is 22.4 Å². The molecule has 4 saturated carbocycles. The molecule has 0 aliphatic heterocycles. The summed E-state index contributed by atoms with van der Waals surface area (Å²) in [5.74, 6) is 3.91. The highest BCUT2D eigenvalue weighted by molar-refractivity contribution is 5.00. The van der Waals surface area contributed by atoms with Crippen molar-refractivity contribution in [3.05, 3.63) is 0 Å². The molecule has 8 unspecified atom stereocenters. The fraction of sp³-hybridized carbons (Fsp3) is 1.00. The Hall–Kier alpha value is -0.0800. The molecular formula is C20H34O2. The van der Waals surface area contributed by atoms with Gasteiger partial charge in [-0.1, -0.05) is 38.5 Å². The Morgan fingerprint density at radius 1 is 0.455 bits per heavy atom. The lowest BCUT2D eigenvalue weighted by molar-refractivity contribution is -0.123. The molecule has 4 rings (SSSR count). The van der Waals surface area contributed by atoms with Gasteiger partial charge < -0.3 is 10.2 Å². The van der Waals surface area contributed by atoms with Crippen LogP contribution in [-0.2, 0) is 0 Å². The second kappa shape index (κ2) is 6.43. The van der Waals surface area contributed by atoms with E-state index in [-0.39, 0.29) is 12.2 Å². The molecule has 0 aromatic heterocycles. The van der Waals surface area contributed by atoms with Gasteiger partial charge in [-0.2, -0.15) is 0 Å². The molecule has 0 saturated heterocycles. The fourth-order valence-electron chi connectivity index (χ4n) is 7.01. The van der Waals surface area contributed by atoms with Crippen LogP contribution in [0.1, 0.15) is 77.0 Å². The first kappa shape index (κ1) is 15.4. The summed E-state index contributed by atoms with van der Waals surface area (Å²) in [6, 6.07) is 0. The summed E-state index contributed by atoms with van der Waals surface area (Å²) < 4.78 is 0. The van der Waals surface area contributed by atoms with E-state index in [1.165, 1.54) is 64.2 Å². The van der Waals surface area contributed by atoms with Gasteiger partial charge in [0.15, 0.2) is 0 Å². The average Bonchev–Trinajstić information content (AvgIpc) is 2.56. The smallest absolute Gasteiger partial charge is 0.0575 e. The minimum Gasteiger partial charge on any atom is -0.393 e. The van der Waals surface area contributed by atoms with Gasteiger partial charge in [0.1, 0.15) is 0 Å². The number of hydrogen-bond acceptors (Lipinski definition) is 2. The van der Waals surface area contributed by atoms with Gasteiger partial charge in [0, 0.05) is 0 Å². The molecular weight excluding hydrogens is 272 g/mol. The van der Waals surface area contributed by atoms with Crippen molar-refractivity contribution in [3.63, 3.8) is 0 Å². The van der Waals surface area contributed by atoms with Crippen LogP contribution in [0.15, 0.2) is 0 Å². The lowest BCUT2D eigenvalue weighted by Gasteiger charge is -2.54. The monoisotopic (exact) mass is 306 g/mol. The molecule has 126 valence electrons. The summed E-state index contributed by atoms with van der Waals surface area (Å²) in [4.78, 5) is 0. The first-order valence-corrected chi connectivity index (χ1v) is 10.1. The van der Waals surface area contributed by atoms with E-state index in [9.17, 15) is 10.2 Å². The van der Waals surface area contributed by atoms with E-state index in [2.05, 4.69) is 0 Å². The van der Waals surface area contributed by atoms with Crippen LogP contribution in [0.3, 0.4) is 0 Å². The van der Waals surface area contributed by atoms with E-state index >= 15 is 0 Å². The first-order valence-electron chi connectivity index (χ1n) is 10.1. The van der Waals surface area contributed by atoms with Crippen LogP contribution < -0.4 is 0 Å². The lowest BCUT2D eigenvalue weighted by atomic mass is 9.53. The van der Waals surface area contributed by atoms with Gasteiger partial charge in [-0.3, -0.25) is 0 Å². The molecule has 4 aliphatic rings. The molecule has 0 amide bonds. The molecule has 4 aliphatic carbocycles. The molecule has 2 nitrogen and oxygen atoms in total. The van der Waals surface area contributed by atoms with E-state index in [1.807, 2.05) is 0 Å². The summed E-state index contributed by atoms with van der Waals surface area (Å²) in [5, 5.41) is 21.7. The quantitative estimate of drug-likeness (QED) is 0.764. The second-order valence-corrected chi connectivity index (χ2v) is 8.86. The van der Waals surface area contributed by atoms with Crippen LogP contribution >= 0.6 is 0 Å². The third-order valence-electron chi connectivity index (χ3n) is 7.92. The molecule has 0 aromatic carbocycles. The van der Waals surface area contributed by atoms with Crippen LogP contribution in [0.4, 0.5) is 0 Å². The zero-order valence-electron chi connectivity index (χ0n) is 14.0. The van der Waals surface area contributed by atoms with Gasteiger partial charge in [0.2, 0.25) is 0 Å². The summed E-state index contributed by atoms with van der Waals surface area (Å²) in [6.07, 6.45) is 15.0. The van der Waals surface area contributed by atoms with Gasteiger partial charge in [-0.15, -0.1) is 0 Å². The fourth-order valence-corrected chi connectivity index (χ4v) is 7.01. The molecule has 4 fully saturated rings. The highest BCUT2D eigenvalue weighted by Gasteiger charge is 2.50. The normalized spacial score (nSPS) is 52.6. The van der Waals surface area contributed by atoms with Crippen LogP contribution in [0.2, 0.25) is 0 Å². The van der Waals surface area contributed by atoms with Crippen LogP contribution in [0, 0.1) is 35.5 Å². The third-order valence-corrected chi connectivity index (χ3v) is 7.92. The molecule has 2 N–H and O–H groups in total. The average molecular weight is 306 g/mol. The van der Waals surface area contributed by atoms with Crippen molar-refractivity contribution in [2.75, 3.05) is 0 Å². The van der Waals surface area contributed by atoms with E-state index < -0.39 is 0 Å². The Balaban J connectivity index is 1.61. The molecule has 0 aromatic rings. The highest BCUT2D eigenvalue weighted by Crippen LogP contribution is 2.54. The number of aliphatic hydroxyl groups is 2. The molecule has 0 heterocycles. The molecule has 0 radical (unpaired) electrons. The summed E-state index contributed by atoms with van der Waals surface area (Å²) in [7, 11) is 0. The zero-order chi connectivity index (χ0) is 15.1. The molecule has 0 bridgehead atoms. The van der Waals surface area contributed by atoms with Crippen molar-refractivity contribution in [3.8, 4) is 0 Å². The van der Waals surface area contributed by atoms with Crippen molar-refractivity contribution in [2.24, 2.45) is 35.5 Å². The Kier molecular flexibility index (Phi) is 4.52. The standard InChI is InChI=1S/C20H34O2/c21-17-11-9-13-5-1-3-7-15(13)19(17)20-16-8-4-2-6-14(16)10-12-18(20)22/h13-22H,1-12H2. The van der Waals surface area contributed by atoms with E-state index in [4.69, 9.17) is 0 Å². The van der Waals surface area contributed by atoms with Gasteiger partial charge in [0.05, 0.1) is 12.2 Å². The van der Waals surface area contributed by atoms with Crippen molar-refractivity contribution >= 4 is 0 Å². The molecule has 0 spiro atoms. The van der Waals surface area contributed by atoms with Gasteiger partial charge >= 0.3 is 0 Å². The second-order valence-electron chi connectivity index (χ2n) is 8.86. The number of fused-ring (bicyclic) bond motifs is 2. The van der Waals surface area contributed by atoms with E-state index in [1.54, 1.807) is 0 Å². The molecule has 2 heteroatoms. The van der Waals surface area contributed by atoms with Crippen molar-refractivity contribution < 1.29 is 10.2 Å². The molecule has 8 atom stereocenters. The predicted molar refractivity (Wildman–Crippen MR) is 88.4 cm³/mol. The van der Waals surface area contributed by atoms with Gasteiger partial charge in [-0.05, 0) is 74.0 Å². The maximum Gasteiger partial charge on any atom is 0.0575 e. The number of hydrogen-bond donors (Lipinski definition) is 2. The summed E-state index contributed by atoms with van der Waals surface area (Å²) >= 11 is 0. The number of rotatable bonds is 1. The Morgan fingerprint density at radius 3 is 1.32 bits per heavy atom. The minimum atomic E-state index is -0.139. The Morgan fingerprint density at radius 2 is 0.864 bits per heavy atom. The highest BCUT2D eigenvalue weighted by atomic mass is 16.3. The topological polar surface area (TPSA) is 40.5 Å².